The minimum Gasteiger partial charge on any atom is -0.462 e. The molecule has 0 bridgehead atoms. The molecule has 0 spiro atoms. The molecule has 1 rings (SSSR count). The summed E-state index contributed by atoms with van der Waals surface area (Å²) in [6.45, 7) is 1.76. The number of nitrogens with zero attached hydrogens (tertiary/aromatic N) is 1. The molecule has 2 N–H and O–H groups in total. The molecule has 17 heavy (non-hydrogen) atoms. The Hall–Kier alpha value is -1.59. The Kier molecular flexibility index (Phi) is 3.75. The van der Waals surface area contributed by atoms with Crippen LogP contribution in [-0.2, 0) is 14.6 Å². The summed E-state index contributed by atoms with van der Waals surface area (Å²) in [6, 6.07) is 1.69. The molecule has 0 aliphatic rings. The van der Waals surface area contributed by atoms with E-state index in [2.05, 4.69) is 0 Å². The van der Waals surface area contributed by atoms with E-state index in [-0.39, 0.29) is 26.9 Å². The molecule has 1 heterocycles. The molecule has 0 amide bonds. The van der Waals surface area contributed by atoms with Gasteiger partial charge >= 0.3 is 5.97 Å². The SMILES string of the molecule is CCOC(=O)c1sc(S(C)(=O)=O)c(C#N)c1N. The lowest BCUT2D eigenvalue weighted by molar-refractivity contribution is 0.0533. The summed E-state index contributed by atoms with van der Waals surface area (Å²) in [7, 11) is -3.59. The monoisotopic (exact) mass is 274 g/mol. The molecule has 1 aromatic rings. The maximum atomic E-state index is 11.5. The highest BCUT2D eigenvalue weighted by atomic mass is 32.2. The Labute approximate surface area is 103 Å². The van der Waals surface area contributed by atoms with E-state index in [9.17, 15) is 13.2 Å². The van der Waals surface area contributed by atoms with Gasteiger partial charge in [-0.2, -0.15) is 5.26 Å². The van der Waals surface area contributed by atoms with Crippen molar-refractivity contribution in [3.63, 3.8) is 0 Å². The van der Waals surface area contributed by atoms with Crippen molar-refractivity contribution in [3.8, 4) is 6.07 Å². The first-order valence-corrected chi connectivity index (χ1v) is 7.23. The largest absolute Gasteiger partial charge is 0.462 e. The van der Waals surface area contributed by atoms with Crippen LogP contribution >= 0.6 is 11.3 Å². The highest BCUT2D eigenvalue weighted by Crippen LogP contribution is 2.34. The standard InChI is InChI=1S/C9H10N2O4S2/c1-3-15-8(12)7-6(11)5(4-10)9(16-7)17(2,13)14/h3,11H2,1-2H3. The number of ether oxygens (including phenoxy) is 1. The number of thiophene rings is 1. The predicted molar refractivity (Wildman–Crippen MR) is 62.5 cm³/mol. The van der Waals surface area contributed by atoms with Gasteiger partial charge in [-0.25, -0.2) is 13.2 Å². The molecule has 1 aromatic heterocycles. The highest BCUT2D eigenvalue weighted by molar-refractivity contribution is 7.92. The van der Waals surface area contributed by atoms with Crippen LogP contribution in [0.5, 0.6) is 0 Å². The van der Waals surface area contributed by atoms with Gasteiger partial charge in [0.1, 0.15) is 20.7 Å². The van der Waals surface area contributed by atoms with Crippen molar-refractivity contribution in [1.29, 1.82) is 5.26 Å². The number of carbonyl (C=O) groups excluding carboxylic acids is 1. The van der Waals surface area contributed by atoms with E-state index < -0.39 is 15.8 Å². The van der Waals surface area contributed by atoms with E-state index in [0.29, 0.717) is 11.3 Å². The zero-order chi connectivity index (χ0) is 13.2. The van der Waals surface area contributed by atoms with Crippen molar-refractivity contribution >= 4 is 32.8 Å². The Morgan fingerprint density at radius 3 is 2.53 bits per heavy atom. The van der Waals surface area contributed by atoms with Crippen LogP contribution in [0.3, 0.4) is 0 Å². The van der Waals surface area contributed by atoms with Gasteiger partial charge < -0.3 is 10.5 Å². The minimum absolute atomic E-state index is 0.0520. The molecule has 0 aliphatic heterocycles. The Balaban J connectivity index is 3.45. The molecule has 0 aromatic carbocycles. The van der Waals surface area contributed by atoms with Crippen LogP contribution in [0.25, 0.3) is 0 Å². The smallest absolute Gasteiger partial charge is 0.350 e. The molecule has 0 aliphatic carbocycles. The molecule has 0 radical (unpaired) electrons. The number of rotatable bonds is 3. The lowest BCUT2D eigenvalue weighted by Crippen LogP contribution is -2.05. The zero-order valence-corrected chi connectivity index (χ0v) is 10.8. The fourth-order valence-corrected chi connectivity index (χ4v) is 3.32. The summed E-state index contributed by atoms with van der Waals surface area (Å²) in [5, 5.41) is 8.85. The molecule has 0 saturated carbocycles. The normalized spacial score (nSPS) is 10.9. The van der Waals surface area contributed by atoms with E-state index >= 15 is 0 Å². The van der Waals surface area contributed by atoms with Crippen molar-refractivity contribution in [1.82, 2.24) is 0 Å². The third kappa shape index (κ3) is 2.57. The van der Waals surface area contributed by atoms with E-state index in [1.807, 2.05) is 0 Å². The molecule has 6 nitrogen and oxygen atoms in total. The van der Waals surface area contributed by atoms with Gasteiger partial charge in [0, 0.05) is 6.26 Å². The topological polar surface area (TPSA) is 110 Å². The van der Waals surface area contributed by atoms with E-state index in [4.69, 9.17) is 15.7 Å². The predicted octanol–water partition coefficient (Wildman–Crippen LogP) is 0.782. The Morgan fingerprint density at radius 1 is 1.59 bits per heavy atom. The summed E-state index contributed by atoms with van der Waals surface area (Å²) < 4.78 is 27.3. The molecule has 0 unspecified atom stereocenters. The number of nitriles is 1. The van der Waals surface area contributed by atoms with Crippen LogP contribution in [0.1, 0.15) is 22.2 Å². The Bertz CT molecular complexity index is 595. The van der Waals surface area contributed by atoms with Crippen molar-refractivity contribution in [2.75, 3.05) is 18.6 Å². The highest BCUT2D eigenvalue weighted by Gasteiger charge is 2.26. The number of anilines is 1. The zero-order valence-electron chi connectivity index (χ0n) is 9.18. The first kappa shape index (κ1) is 13.5. The van der Waals surface area contributed by atoms with Crippen molar-refractivity contribution < 1.29 is 17.9 Å². The maximum Gasteiger partial charge on any atom is 0.350 e. The van der Waals surface area contributed by atoms with E-state index in [1.165, 1.54) is 0 Å². The molecule has 0 fully saturated rings. The van der Waals surface area contributed by atoms with Crippen LogP contribution in [0, 0.1) is 11.3 Å². The quantitative estimate of drug-likeness (QED) is 0.815. The summed E-state index contributed by atoms with van der Waals surface area (Å²) >= 11 is 0.656. The number of hydrogen-bond donors (Lipinski definition) is 1. The molecular formula is C9H10N2O4S2. The molecule has 0 atom stereocenters. The second-order valence-corrected chi connectivity index (χ2v) is 6.34. The summed E-state index contributed by atoms with van der Waals surface area (Å²) in [5.41, 5.74) is 5.23. The van der Waals surface area contributed by atoms with E-state index in [1.54, 1.807) is 13.0 Å². The first-order chi connectivity index (χ1) is 7.82. The van der Waals surface area contributed by atoms with Crippen molar-refractivity contribution in [2.24, 2.45) is 0 Å². The summed E-state index contributed by atoms with van der Waals surface area (Å²) in [6.07, 6.45) is 0.952. The van der Waals surface area contributed by atoms with Gasteiger partial charge in [0.05, 0.1) is 12.3 Å². The second-order valence-electron chi connectivity index (χ2n) is 3.11. The van der Waals surface area contributed by atoms with Gasteiger partial charge in [-0.05, 0) is 6.92 Å². The van der Waals surface area contributed by atoms with Gasteiger partial charge in [-0.15, -0.1) is 11.3 Å². The molecule has 92 valence electrons. The van der Waals surface area contributed by atoms with Gasteiger partial charge in [0.2, 0.25) is 0 Å². The van der Waals surface area contributed by atoms with Gasteiger partial charge in [-0.1, -0.05) is 0 Å². The van der Waals surface area contributed by atoms with Gasteiger partial charge in [0.15, 0.2) is 9.84 Å². The number of nitrogen functional groups attached to an aromatic ring is 1. The third-order valence-electron chi connectivity index (χ3n) is 1.82. The van der Waals surface area contributed by atoms with Crippen LogP contribution in [-0.4, -0.2) is 27.2 Å². The third-order valence-corrected chi connectivity index (χ3v) is 4.84. The molecule has 8 heteroatoms. The van der Waals surface area contributed by atoms with Gasteiger partial charge in [-0.3, -0.25) is 0 Å². The number of esters is 1. The lowest BCUT2D eigenvalue weighted by atomic mass is 10.3. The Morgan fingerprint density at radius 2 is 2.18 bits per heavy atom. The first-order valence-electron chi connectivity index (χ1n) is 4.52. The van der Waals surface area contributed by atoms with E-state index in [0.717, 1.165) is 6.26 Å². The maximum absolute atomic E-state index is 11.5. The van der Waals surface area contributed by atoms with Crippen LogP contribution in [0.2, 0.25) is 0 Å². The summed E-state index contributed by atoms with van der Waals surface area (Å²) in [4.78, 5) is 11.4. The number of hydrogen-bond acceptors (Lipinski definition) is 7. The van der Waals surface area contributed by atoms with Gasteiger partial charge in [0.25, 0.3) is 0 Å². The van der Waals surface area contributed by atoms with Crippen molar-refractivity contribution in [3.05, 3.63) is 10.4 Å². The average Bonchev–Trinajstić information content (AvgIpc) is 2.55. The fourth-order valence-electron chi connectivity index (χ4n) is 1.14. The minimum atomic E-state index is -3.59. The molecule has 0 saturated heterocycles. The number of sulfone groups is 1. The lowest BCUT2D eigenvalue weighted by Gasteiger charge is -1.98. The van der Waals surface area contributed by atoms with Crippen LogP contribution in [0.4, 0.5) is 5.69 Å². The van der Waals surface area contributed by atoms with Crippen LogP contribution < -0.4 is 5.73 Å². The summed E-state index contributed by atoms with van der Waals surface area (Å²) in [5.74, 6) is -0.721. The second kappa shape index (κ2) is 4.73. The molecular weight excluding hydrogens is 264 g/mol. The van der Waals surface area contributed by atoms with Crippen molar-refractivity contribution in [2.45, 2.75) is 11.1 Å². The average molecular weight is 274 g/mol. The number of nitrogens with two attached hydrogens (primary N) is 1. The van der Waals surface area contributed by atoms with Crippen LogP contribution in [0.15, 0.2) is 4.21 Å². The fraction of sp³-hybridized carbons (Fsp3) is 0.333. The number of carbonyl (C=O) groups is 1.